The molecule has 1 aliphatic heterocycles. The van der Waals surface area contributed by atoms with Crippen LogP contribution < -0.4 is 5.32 Å². The Kier molecular flexibility index (Phi) is 3.55. The Morgan fingerprint density at radius 2 is 2.36 bits per heavy atom. The lowest BCUT2D eigenvalue weighted by molar-refractivity contribution is -0.144. The number of carboxylic acids is 1. The molecule has 0 radical (unpaired) electrons. The zero-order valence-corrected chi connectivity index (χ0v) is 6.99. The van der Waals surface area contributed by atoms with Gasteiger partial charge in [-0.15, -0.1) is 19.0 Å². The van der Waals surface area contributed by atoms with E-state index < -0.39 is 11.4 Å². The Morgan fingerprint density at radius 1 is 1.73 bits per heavy atom. The predicted octanol–water partition coefficient (Wildman–Crippen LogP) is 0.658. The number of rotatable bonds is 2. The van der Waals surface area contributed by atoms with Crippen molar-refractivity contribution in [2.45, 2.75) is 6.42 Å². The fourth-order valence-electron chi connectivity index (χ4n) is 1.16. The van der Waals surface area contributed by atoms with E-state index >= 15 is 0 Å². The maximum Gasteiger partial charge on any atom is 0.314 e. The Labute approximate surface area is 71.9 Å². The first-order valence-electron chi connectivity index (χ1n) is 3.29. The average molecular weight is 178 g/mol. The Balaban J connectivity index is 0.000001000. The molecule has 11 heavy (non-hydrogen) atoms. The monoisotopic (exact) mass is 177 g/mol. The second kappa shape index (κ2) is 3.74. The third-order valence-electron chi connectivity index (χ3n) is 2.01. The summed E-state index contributed by atoms with van der Waals surface area (Å²) in [6, 6.07) is 0. The van der Waals surface area contributed by atoms with Crippen molar-refractivity contribution in [3.05, 3.63) is 12.7 Å². The minimum Gasteiger partial charge on any atom is -0.481 e. The van der Waals surface area contributed by atoms with E-state index in [0.717, 1.165) is 6.54 Å². The van der Waals surface area contributed by atoms with Crippen molar-refractivity contribution in [1.29, 1.82) is 0 Å². The van der Waals surface area contributed by atoms with Gasteiger partial charge in [-0.05, 0) is 13.0 Å². The van der Waals surface area contributed by atoms with Crippen molar-refractivity contribution >= 4 is 18.4 Å². The summed E-state index contributed by atoms with van der Waals surface area (Å²) in [5.74, 6) is -0.771. The summed E-state index contributed by atoms with van der Waals surface area (Å²) in [5.41, 5.74) is -0.694. The molecule has 2 N–H and O–H groups in total. The highest BCUT2D eigenvalue weighted by Crippen LogP contribution is 2.26. The summed E-state index contributed by atoms with van der Waals surface area (Å²) in [4.78, 5) is 10.6. The fourth-order valence-corrected chi connectivity index (χ4v) is 1.16. The first kappa shape index (κ1) is 10.5. The van der Waals surface area contributed by atoms with Crippen LogP contribution in [0, 0.1) is 5.41 Å². The van der Waals surface area contributed by atoms with Crippen molar-refractivity contribution in [2.24, 2.45) is 5.41 Å². The number of carboxylic acid groups (broad SMARTS) is 1. The van der Waals surface area contributed by atoms with Crippen LogP contribution in [-0.4, -0.2) is 24.2 Å². The van der Waals surface area contributed by atoms with E-state index in [4.69, 9.17) is 5.11 Å². The lowest BCUT2D eigenvalue weighted by Crippen LogP contribution is -2.30. The van der Waals surface area contributed by atoms with Crippen LogP contribution in [0.3, 0.4) is 0 Å². The first-order chi connectivity index (χ1) is 4.71. The van der Waals surface area contributed by atoms with Gasteiger partial charge in [0.2, 0.25) is 0 Å². The number of hydrogen-bond acceptors (Lipinski definition) is 2. The smallest absolute Gasteiger partial charge is 0.314 e. The second-order valence-corrected chi connectivity index (χ2v) is 2.59. The van der Waals surface area contributed by atoms with E-state index in [1.807, 2.05) is 0 Å². The van der Waals surface area contributed by atoms with E-state index in [9.17, 15) is 4.79 Å². The molecule has 1 unspecified atom stereocenters. The average Bonchev–Trinajstić information content (AvgIpc) is 2.35. The minimum atomic E-state index is -0.771. The van der Waals surface area contributed by atoms with Gasteiger partial charge < -0.3 is 10.4 Å². The molecule has 1 saturated heterocycles. The normalized spacial score (nSPS) is 29.1. The number of hydrogen-bond donors (Lipinski definition) is 2. The molecule has 1 aliphatic rings. The van der Waals surface area contributed by atoms with Crippen molar-refractivity contribution in [2.75, 3.05) is 13.1 Å². The van der Waals surface area contributed by atoms with Crippen LogP contribution in [0.4, 0.5) is 0 Å². The SMILES string of the molecule is C=CC1(C(=O)O)CCNC1.Cl. The van der Waals surface area contributed by atoms with Crippen LogP contribution in [-0.2, 0) is 4.79 Å². The van der Waals surface area contributed by atoms with Gasteiger partial charge in [-0.2, -0.15) is 0 Å². The van der Waals surface area contributed by atoms with Crippen LogP contribution >= 0.6 is 12.4 Å². The zero-order chi connectivity index (χ0) is 7.61. The van der Waals surface area contributed by atoms with Gasteiger partial charge in [-0.3, -0.25) is 4.79 Å². The molecule has 3 nitrogen and oxygen atoms in total. The van der Waals surface area contributed by atoms with Gasteiger partial charge >= 0.3 is 5.97 Å². The van der Waals surface area contributed by atoms with E-state index in [0.29, 0.717) is 13.0 Å². The topological polar surface area (TPSA) is 49.3 Å². The molecule has 0 bridgehead atoms. The third kappa shape index (κ3) is 1.73. The molecule has 0 aliphatic carbocycles. The molecule has 0 spiro atoms. The highest BCUT2D eigenvalue weighted by molar-refractivity contribution is 5.85. The van der Waals surface area contributed by atoms with E-state index in [1.165, 1.54) is 6.08 Å². The Hall–Kier alpha value is -0.540. The number of nitrogens with one attached hydrogen (secondary N) is 1. The minimum absolute atomic E-state index is 0. The summed E-state index contributed by atoms with van der Waals surface area (Å²) in [6.07, 6.45) is 2.18. The van der Waals surface area contributed by atoms with Crippen LogP contribution in [0.1, 0.15) is 6.42 Å². The second-order valence-electron chi connectivity index (χ2n) is 2.59. The molecule has 1 fully saturated rings. The van der Waals surface area contributed by atoms with E-state index in [2.05, 4.69) is 11.9 Å². The molecule has 64 valence electrons. The molecule has 1 atom stereocenters. The van der Waals surface area contributed by atoms with Gasteiger partial charge in [0, 0.05) is 6.54 Å². The quantitative estimate of drug-likeness (QED) is 0.610. The number of aliphatic carboxylic acids is 1. The fraction of sp³-hybridized carbons (Fsp3) is 0.571. The van der Waals surface area contributed by atoms with Crippen LogP contribution in [0.15, 0.2) is 12.7 Å². The standard InChI is InChI=1S/C7H11NO2.ClH/c1-2-7(6(9)10)3-4-8-5-7;/h2,8H,1,3-5H2,(H,9,10);1H. The highest BCUT2D eigenvalue weighted by atomic mass is 35.5. The maximum atomic E-state index is 10.6. The van der Waals surface area contributed by atoms with Gasteiger partial charge in [0.05, 0.1) is 5.41 Å². The molecular weight excluding hydrogens is 166 g/mol. The van der Waals surface area contributed by atoms with Crippen LogP contribution in [0.5, 0.6) is 0 Å². The van der Waals surface area contributed by atoms with Gasteiger partial charge in [-0.1, -0.05) is 6.08 Å². The first-order valence-corrected chi connectivity index (χ1v) is 3.29. The van der Waals surface area contributed by atoms with Gasteiger partial charge in [-0.25, -0.2) is 0 Å². The summed E-state index contributed by atoms with van der Waals surface area (Å²) in [6.45, 7) is 4.81. The molecule has 1 heterocycles. The zero-order valence-electron chi connectivity index (χ0n) is 6.17. The lowest BCUT2D eigenvalue weighted by Gasteiger charge is -2.16. The largest absolute Gasteiger partial charge is 0.481 e. The summed E-state index contributed by atoms with van der Waals surface area (Å²) < 4.78 is 0. The van der Waals surface area contributed by atoms with Crippen LogP contribution in [0.2, 0.25) is 0 Å². The van der Waals surface area contributed by atoms with Crippen molar-refractivity contribution in [3.63, 3.8) is 0 Å². The number of carbonyl (C=O) groups is 1. The van der Waals surface area contributed by atoms with Crippen molar-refractivity contribution in [3.8, 4) is 0 Å². The molecule has 0 aromatic rings. The third-order valence-corrected chi connectivity index (χ3v) is 2.01. The Bertz CT molecular complexity index is 164. The highest BCUT2D eigenvalue weighted by Gasteiger charge is 2.37. The Morgan fingerprint density at radius 3 is 2.55 bits per heavy atom. The van der Waals surface area contributed by atoms with E-state index in [1.54, 1.807) is 0 Å². The summed E-state index contributed by atoms with van der Waals surface area (Å²) in [7, 11) is 0. The van der Waals surface area contributed by atoms with Gasteiger partial charge in [0.25, 0.3) is 0 Å². The maximum absolute atomic E-state index is 10.6. The van der Waals surface area contributed by atoms with Gasteiger partial charge in [0.1, 0.15) is 0 Å². The van der Waals surface area contributed by atoms with Crippen molar-refractivity contribution < 1.29 is 9.90 Å². The molecule has 0 saturated carbocycles. The lowest BCUT2D eigenvalue weighted by atomic mass is 9.88. The molecule has 1 rings (SSSR count). The van der Waals surface area contributed by atoms with Crippen LogP contribution in [0.25, 0.3) is 0 Å². The molecule has 4 heteroatoms. The van der Waals surface area contributed by atoms with Gasteiger partial charge in [0.15, 0.2) is 0 Å². The summed E-state index contributed by atoms with van der Waals surface area (Å²) in [5, 5.41) is 11.7. The molecule has 0 amide bonds. The molecular formula is C7H12ClNO2. The predicted molar refractivity (Wildman–Crippen MR) is 45.0 cm³/mol. The van der Waals surface area contributed by atoms with Crippen molar-refractivity contribution in [1.82, 2.24) is 5.32 Å². The number of halogens is 1. The van der Waals surface area contributed by atoms with E-state index in [-0.39, 0.29) is 12.4 Å². The molecule has 0 aromatic heterocycles. The molecule has 0 aromatic carbocycles. The summed E-state index contributed by atoms with van der Waals surface area (Å²) >= 11 is 0.